The van der Waals surface area contributed by atoms with Crippen molar-refractivity contribution in [1.29, 1.82) is 0 Å². The first-order valence-corrected chi connectivity index (χ1v) is 9.19. The number of benzene rings is 2. The number of hydrogen-bond donors (Lipinski definition) is 2. The van der Waals surface area contributed by atoms with Crippen LogP contribution in [0.15, 0.2) is 48.5 Å². The van der Waals surface area contributed by atoms with Gasteiger partial charge in [-0.05, 0) is 30.5 Å². The molecule has 2 rings (SSSR count). The molecule has 0 saturated carbocycles. The van der Waals surface area contributed by atoms with Gasteiger partial charge in [-0.2, -0.15) is 0 Å². The molecular formula is C22H32NO3+. The number of quaternary nitrogens is 1. The monoisotopic (exact) mass is 358 g/mol. The summed E-state index contributed by atoms with van der Waals surface area (Å²) in [7, 11) is 1.66. The SMILES string of the molecule is COc1ccc(OC[C@@H](O)C[NH2+][C@@H](C)c2ccccc2)c(C(C)(C)C)c1. The van der Waals surface area contributed by atoms with Crippen molar-refractivity contribution in [2.45, 2.75) is 45.3 Å². The highest BCUT2D eigenvalue weighted by Gasteiger charge is 2.21. The summed E-state index contributed by atoms with van der Waals surface area (Å²) in [5.74, 6) is 1.61. The lowest BCUT2D eigenvalue weighted by Crippen LogP contribution is -2.87. The van der Waals surface area contributed by atoms with Crippen LogP contribution in [0.4, 0.5) is 0 Å². The third-order valence-electron chi connectivity index (χ3n) is 4.51. The van der Waals surface area contributed by atoms with Gasteiger partial charge in [0.05, 0.1) is 7.11 Å². The van der Waals surface area contributed by atoms with E-state index in [-0.39, 0.29) is 12.0 Å². The summed E-state index contributed by atoms with van der Waals surface area (Å²) in [6.07, 6.45) is -0.531. The number of hydrogen-bond acceptors (Lipinski definition) is 3. The maximum Gasteiger partial charge on any atom is 0.137 e. The van der Waals surface area contributed by atoms with E-state index in [1.165, 1.54) is 5.56 Å². The molecular weight excluding hydrogens is 326 g/mol. The van der Waals surface area contributed by atoms with Gasteiger partial charge in [-0.3, -0.25) is 0 Å². The first-order valence-electron chi connectivity index (χ1n) is 9.19. The molecule has 0 radical (unpaired) electrons. The zero-order chi connectivity index (χ0) is 19.2. The van der Waals surface area contributed by atoms with Crippen LogP contribution in [-0.4, -0.2) is 31.5 Å². The lowest BCUT2D eigenvalue weighted by molar-refractivity contribution is -0.698. The Morgan fingerprint density at radius 2 is 1.77 bits per heavy atom. The summed E-state index contributed by atoms with van der Waals surface area (Å²) < 4.78 is 11.3. The van der Waals surface area contributed by atoms with E-state index in [9.17, 15) is 5.11 Å². The van der Waals surface area contributed by atoms with Crippen LogP contribution in [-0.2, 0) is 5.41 Å². The highest BCUT2D eigenvalue weighted by molar-refractivity contribution is 5.44. The van der Waals surface area contributed by atoms with Crippen molar-refractivity contribution >= 4 is 0 Å². The standard InChI is InChI=1S/C22H31NO3/c1-16(17-9-7-6-8-10-17)23-14-18(24)15-26-21-12-11-19(25-5)13-20(21)22(2,3)4/h6-13,16,18,23-24H,14-15H2,1-5H3/p+1/t16-,18-/m0/s1. The molecule has 0 aliphatic heterocycles. The molecule has 0 fully saturated rings. The molecule has 0 amide bonds. The van der Waals surface area contributed by atoms with Crippen molar-refractivity contribution in [1.82, 2.24) is 0 Å². The van der Waals surface area contributed by atoms with Gasteiger partial charge in [-0.1, -0.05) is 51.1 Å². The third-order valence-corrected chi connectivity index (χ3v) is 4.51. The molecule has 26 heavy (non-hydrogen) atoms. The van der Waals surface area contributed by atoms with Crippen LogP contribution >= 0.6 is 0 Å². The van der Waals surface area contributed by atoms with Gasteiger partial charge in [0.1, 0.15) is 36.8 Å². The maximum absolute atomic E-state index is 10.3. The van der Waals surface area contributed by atoms with E-state index in [2.05, 4.69) is 45.1 Å². The molecule has 2 atom stereocenters. The van der Waals surface area contributed by atoms with E-state index in [1.54, 1.807) is 7.11 Å². The minimum atomic E-state index is -0.531. The van der Waals surface area contributed by atoms with Gasteiger partial charge in [0.25, 0.3) is 0 Å². The zero-order valence-electron chi connectivity index (χ0n) is 16.5. The number of aliphatic hydroxyl groups excluding tert-OH is 1. The van der Waals surface area contributed by atoms with Gasteiger partial charge in [0.15, 0.2) is 0 Å². The molecule has 142 valence electrons. The predicted octanol–water partition coefficient (Wildman–Crippen LogP) is 3.06. The van der Waals surface area contributed by atoms with Gasteiger partial charge in [0.2, 0.25) is 0 Å². The molecule has 0 aliphatic carbocycles. The Bertz CT molecular complexity index is 680. The summed E-state index contributed by atoms with van der Waals surface area (Å²) in [6.45, 7) is 9.43. The molecule has 4 nitrogen and oxygen atoms in total. The molecule has 2 aromatic carbocycles. The number of ether oxygens (including phenoxy) is 2. The fourth-order valence-corrected chi connectivity index (χ4v) is 2.86. The minimum Gasteiger partial charge on any atom is -0.497 e. The summed E-state index contributed by atoms with van der Waals surface area (Å²) in [5.41, 5.74) is 2.26. The first kappa shape index (κ1) is 20.3. The second-order valence-electron chi connectivity index (χ2n) is 7.75. The Hall–Kier alpha value is -2.04. The largest absolute Gasteiger partial charge is 0.497 e. The Morgan fingerprint density at radius 3 is 2.38 bits per heavy atom. The van der Waals surface area contributed by atoms with E-state index in [0.717, 1.165) is 17.1 Å². The maximum atomic E-state index is 10.3. The second kappa shape index (κ2) is 9.06. The molecule has 2 aromatic rings. The molecule has 0 aliphatic rings. The Kier molecular flexibility index (Phi) is 7.06. The van der Waals surface area contributed by atoms with E-state index < -0.39 is 6.10 Å². The fraction of sp³-hybridized carbons (Fsp3) is 0.455. The molecule has 4 heteroatoms. The topological polar surface area (TPSA) is 55.3 Å². The molecule has 0 bridgehead atoms. The van der Waals surface area contributed by atoms with E-state index in [1.807, 2.05) is 36.4 Å². The Balaban J connectivity index is 1.92. The van der Waals surface area contributed by atoms with Crippen LogP contribution in [0.5, 0.6) is 11.5 Å². The summed E-state index contributed by atoms with van der Waals surface area (Å²) >= 11 is 0. The van der Waals surface area contributed by atoms with Crippen LogP contribution in [0.1, 0.15) is 44.9 Å². The van der Waals surface area contributed by atoms with Crippen molar-refractivity contribution in [2.24, 2.45) is 0 Å². The van der Waals surface area contributed by atoms with E-state index >= 15 is 0 Å². The number of methoxy groups -OCH3 is 1. The fourth-order valence-electron chi connectivity index (χ4n) is 2.86. The van der Waals surface area contributed by atoms with Crippen LogP contribution in [0.25, 0.3) is 0 Å². The highest BCUT2D eigenvalue weighted by Crippen LogP contribution is 2.34. The molecule has 0 unspecified atom stereocenters. The molecule has 3 N–H and O–H groups in total. The minimum absolute atomic E-state index is 0.0667. The Morgan fingerprint density at radius 1 is 1.08 bits per heavy atom. The van der Waals surface area contributed by atoms with Crippen molar-refractivity contribution in [2.75, 3.05) is 20.3 Å². The molecule has 0 spiro atoms. The lowest BCUT2D eigenvalue weighted by Gasteiger charge is -2.24. The average molecular weight is 359 g/mol. The smallest absolute Gasteiger partial charge is 0.137 e. The van der Waals surface area contributed by atoms with E-state index in [0.29, 0.717) is 12.6 Å². The van der Waals surface area contributed by atoms with Crippen molar-refractivity contribution in [3.8, 4) is 11.5 Å². The van der Waals surface area contributed by atoms with Gasteiger partial charge >= 0.3 is 0 Å². The third kappa shape index (κ3) is 5.75. The van der Waals surface area contributed by atoms with Crippen LogP contribution < -0.4 is 14.8 Å². The van der Waals surface area contributed by atoms with Crippen LogP contribution in [0, 0.1) is 0 Å². The zero-order valence-corrected chi connectivity index (χ0v) is 16.5. The van der Waals surface area contributed by atoms with Gasteiger partial charge in [-0.25, -0.2) is 0 Å². The van der Waals surface area contributed by atoms with Crippen molar-refractivity contribution < 1.29 is 19.9 Å². The lowest BCUT2D eigenvalue weighted by atomic mass is 9.86. The van der Waals surface area contributed by atoms with Crippen LogP contribution in [0.2, 0.25) is 0 Å². The van der Waals surface area contributed by atoms with Crippen molar-refractivity contribution in [3.63, 3.8) is 0 Å². The molecule has 0 saturated heterocycles. The summed E-state index contributed by atoms with van der Waals surface area (Å²) in [6, 6.07) is 16.4. The van der Waals surface area contributed by atoms with E-state index in [4.69, 9.17) is 9.47 Å². The van der Waals surface area contributed by atoms with Gasteiger partial charge < -0.3 is 19.9 Å². The van der Waals surface area contributed by atoms with Gasteiger partial charge in [-0.15, -0.1) is 0 Å². The first-order chi connectivity index (χ1) is 12.3. The summed E-state index contributed by atoms with van der Waals surface area (Å²) in [5, 5.41) is 12.5. The average Bonchev–Trinajstić information content (AvgIpc) is 2.64. The van der Waals surface area contributed by atoms with Gasteiger partial charge in [0, 0.05) is 11.1 Å². The second-order valence-corrected chi connectivity index (χ2v) is 7.75. The highest BCUT2D eigenvalue weighted by atomic mass is 16.5. The number of nitrogens with two attached hydrogens (primary N) is 1. The van der Waals surface area contributed by atoms with Crippen molar-refractivity contribution in [3.05, 3.63) is 59.7 Å². The normalized spacial score (nSPS) is 13.9. The molecule has 0 heterocycles. The Labute approximate surface area is 157 Å². The number of rotatable bonds is 8. The molecule has 0 aromatic heterocycles. The number of aliphatic hydroxyl groups is 1. The predicted molar refractivity (Wildman–Crippen MR) is 105 cm³/mol. The van der Waals surface area contributed by atoms with Crippen LogP contribution in [0.3, 0.4) is 0 Å². The quantitative estimate of drug-likeness (QED) is 0.763. The summed E-state index contributed by atoms with van der Waals surface area (Å²) in [4.78, 5) is 0.